The van der Waals surface area contributed by atoms with Gasteiger partial charge in [0.05, 0.1) is 16.3 Å². The smallest absolute Gasteiger partial charge is 0.307 e. The van der Waals surface area contributed by atoms with Gasteiger partial charge in [-0.2, -0.15) is 13.2 Å². The number of alkyl halides is 3. The second-order valence-corrected chi connectivity index (χ2v) is 5.18. The molecule has 0 radical (unpaired) electrons. The largest absolute Gasteiger partial charge is 0.416 e. The van der Waals surface area contributed by atoms with Gasteiger partial charge in [-0.05, 0) is 18.6 Å². The lowest BCUT2D eigenvalue weighted by Gasteiger charge is -2.12. The van der Waals surface area contributed by atoms with Crippen molar-refractivity contribution in [3.05, 3.63) is 51.5 Å². The molecule has 1 aromatic heterocycles. The van der Waals surface area contributed by atoms with Crippen LogP contribution in [0.25, 0.3) is 0 Å². The fourth-order valence-electron chi connectivity index (χ4n) is 1.77. The molecule has 0 bridgehead atoms. The van der Waals surface area contributed by atoms with E-state index in [-0.39, 0.29) is 12.1 Å². The molecular formula is C13H13F3N2S. The third-order valence-corrected chi connectivity index (χ3v) is 3.43. The summed E-state index contributed by atoms with van der Waals surface area (Å²) in [7, 11) is 0. The second kappa shape index (κ2) is 5.71. The average molecular weight is 286 g/mol. The number of benzene rings is 1. The monoisotopic (exact) mass is 286 g/mol. The van der Waals surface area contributed by atoms with Crippen LogP contribution < -0.4 is 5.32 Å². The number of rotatable bonds is 4. The number of aromatic nitrogens is 1. The molecular weight excluding hydrogens is 273 g/mol. The highest BCUT2D eigenvalue weighted by molar-refractivity contribution is 7.09. The summed E-state index contributed by atoms with van der Waals surface area (Å²) in [4.78, 5) is 4.25. The lowest BCUT2D eigenvalue weighted by molar-refractivity contribution is -0.138. The second-order valence-electron chi connectivity index (χ2n) is 4.12. The van der Waals surface area contributed by atoms with Gasteiger partial charge in [0.15, 0.2) is 0 Å². The van der Waals surface area contributed by atoms with E-state index in [0.717, 1.165) is 16.8 Å². The topological polar surface area (TPSA) is 24.9 Å². The zero-order valence-corrected chi connectivity index (χ0v) is 11.1. The lowest BCUT2D eigenvalue weighted by Crippen LogP contribution is -2.17. The van der Waals surface area contributed by atoms with Crippen LogP contribution in [0.5, 0.6) is 0 Å². The number of hydrogen-bond donors (Lipinski definition) is 1. The quantitative estimate of drug-likeness (QED) is 0.925. The summed E-state index contributed by atoms with van der Waals surface area (Å²) in [5.41, 5.74) is 0.519. The van der Waals surface area contributed by atoms with Crippen LogP contribution in [-0.4, -0.2) is 4.98 Å². The molecule has 102 valence electrons. The minimum atomic E-state index is -4.31. The molecule has 0 aliphatic carbocycles. The molecule has 0 atom stereocenters. The first-order valence-electron chi connectivity index (χ1n) is 5.73. The predicted octanol–water partition coefficient (Wildman–Crippen LogP) is 3.76. The van der Waals surface area contributed by atoms with Crippen molar-refractivity contribution in [3.63, 3.8) is 0 Å². The maximum atomic E-state index is 12.8. The van der Waals surface area contributed by atoms with Gasteiger partial charge in [-0.1, -0.05) is 18.2 Å². The van der Waals surface area contributed by atoms with Crippen LogP contribution in [0, 0.1) is 6.92 Å². The molecule has 1 aromatic carbocycles. The first-order valence-corrected chi connectivity index (χ1v) is 6.61. The standard InChI is InChI=1S/C13H13F3N2S/c1-9-18-11(8-19-9)7-17-6-10-4-2-3-5-12(10)13(14,15)16/h2-5,8,17H,6-7H2,1H3. The van der Waals surface area contributed by atoms with E-state index in [0.29, 0.717) is 6.54 Å². The van der Waals surface area contributed by atoms with Gasteiger partial charge < -0.3 is 5.32 Å². The van der Waals surface area contributed by atoms with Crippen molar-refractivity contribution in [2.75, 3.05) is 0 Å². The Morgan fingerprint density at radius 3 is 2.58 bits per heavy atom. The number of nitrogens with one attached hydrogen (secondary N) is 1. The van der Waals surface area contributed by atoms with Crippen molar-refractivity contribution in [1.29, 1.82) is 0 Å². The van der Waals surface area contributed by atoms with E-state index < -0.39 is 11.7 Å². The fraction of sp³-hybridized carbons (Fsp3) is 0.308. The fourth-order valence-corrected chi connectivity index (χ4v) is 2.38. The lowest BCUT2D eigenvalue weighted by atomic mass is 10.1. The maximum absolute atomic E-state index is 12.8. The number of thiazole rings is 1. The van der Waals surface area contributed by atoms with Crippen LogP contribution in [-0.2, 0) is 19.3 Å². The molecule has 6 heteroatoms. The third kappa shape index (κ3) is 3.78. The summed E-state index contributed by atoms with van der Waals surface area (Å²) >= 11 is 1.53. The highest BCUT2D eigenvalue weighted by Gasteiger charge is 2.32. The number of hydrogen-bond acceptors (Lipinski definition) is 3. The summed E-state index contributed by atoms with van der Waals surface area (Å²) < 4.78 is 38.3. The van der Waals surface area contributed by atoms with E-state index in [4.69, 9.17) is 0 Å². The first-order chi connectivity index (χ1) is 8.97. The molecule has 2 aromatic rings. The zero-order chi connectivity index (χ0) is 13.9. The Morgan fingerprint density at radius 1 is 1.21 bits per heavy atom. The van der Waals surface area contributed by atoms with Crippen LogP contribution in [0.1, 0.15) is 21.8 Å². The highest BCUT2D eigenvalue weighted by atomic mass is 32.1. The molecule has 0 saturated heterocycles. The van der Waals surface area contributed by atoms with Crippen molar-refractivity contribution in [3.8, 4) is 0 Å². The van der Waals surface area contributed by atoms with Gasteiger partial charge >= 0.3 is 6.18 Å². The van der Waals surface area contributed by atoms with Gasteiger partial charge in [-0.25, -0.2) is 4.98 Å². The van der Waals surface area contributed by atoms with Crippen molar-refractivity contribution in [2.45, 2.75) is 26.2 Å². The Morgan fingerprint density at radius 2 is 1.95 bits per heavy atom. The average Bonchev–Trinajstić information content (AvgIpc) is 2.74. The zero-order valence-electron chi connectivity index (χ0n) is 10.3. The van der Waals surface area contributed by atoms with Gasteiger partial charge in [0, 0.05) is 18.5 Å². The van der Waals surface area contributed by atoms with Gasteiger partial charge in [0.25, 0.3) is 0 Å². The summed E-state index contributed by atoms with van der Waals surface area (Å²) in [5.74, 6) is 0. The van der Waals surface area contributed by atoms with Crippen LogP contribution in [0.3, 0.4) is 0 Å². The molecule has 1 N–H and O–H groups in total. The van der Waals surface area contributed by atoms with E-state index in [9.17, 15) is 13.2 Å². The van der Waals surface area contributed by atoms with Gasteiger partial charge in [0.1, 0.15) is 0 Å². The maximum Gasteiger partial charge on any atom is 0.416 e. The highest BCUT2D eigenvalue weighted by Crippen LogP contribution is 2.31. The SMILES string of the molecule is Cc1nc(CNCc2ccccc2C(F)(F)F)cs1. The van der Waals surface area contributed by atoms with Crippen molar-refractivity contribution in [1.82, 2.24) is 10.3 Å². The minimum Gasteiger partial charge on any atom is -0.307 e. The van der Waals surface area contributed by atoms with Crippen molar-refractivity contribution < 1.29 is 13.2 Å². The summed E-state index contributed by atoms with van der Waals surface area (Å²) in [6.45, 7) is 2.54. The number of halogens is 3. The minimum absolute atomic E-state index is 0.173. The van der Waals surface area contributed by atoms with Crippen LogP contribution >= 0.6 is 11.3 Å². The van der Waals surface area contributed by atoms with Gasteiger partial charge in [-0.15, -0.1) is 11.3 Å². The molecule has 2 nitrogen and oxygen atoms in total. The molecule has 0 spiro atoms. The van der Waals surface area contributed by atoms with E-state index >= 15 is 0 Å². The van der Waals surface area contributed by atoms with E-state index in [1.54, 1.807) is 6.07 Å². The van der Waals surface area contributed by atoms with E-state index in [1.807, 2.05) is 12.3 Å². The molecule has 0 saturated carbocycles. The molecule has 19 heavy (non-hydrogen) atoms. The summed E-state index contributed by atoms with van der Waals surface area (Å²) in [6.07, 6.45) is -4.31. The molecule has 1 heterocycles. The van der Waals surface area contributed by atoms with Gasteiger partial charge in [-0.3, -0.25) is 0 Å². The number of aryl methyl sites for hydroxylation is 1. The third-order valence-electron chi connectivity index (χ3n) is 2.61. The Bertz CT molecular complexity index is 549. The van der Waals surface area contributed by atoms with Crippen LogP contribution in [0.2, 0.25) is 0 Å². The Balaban J connectivity index is 2.00. The summed E-state index contributed by atoms with van der Waals surface area (Å²) in [5, 5.41) is 5.84. The molecule has 0 amide bonds. The predicted molar refractivity (Wildman–Crippen MR) is 68.8 cm³/mol. The Hall–Kier alpha value is -1.40. The van der Waals surface area contributed by atoms with E-state index in [2.05, 4.69) is 10.3 Å². The molecule has 0 fully saturated rings. The number of nitrogens with zero attached hydrogens (tertiary/aromatic N) is 1. The molecule has 0 unspecified atom stereocenters. The first kappa shape index (κ1) is 14.0. The van der Waals surface area contributed by atoms with Crippen LogP contribution in [0.15, 0.2) is 29.6 Å². The van der Waals surface area contributed by atoms with Gasteiger partial charge in [0.2, 0.25) is 0 Å². The van der Waals surface area contributed by atoms with Crippen molar-refractivity contribution >= 4 is 11.3 Å². The normalized spacial score (nSPS) is 11.8. The van der Waals surface area contributed by atoms with E-state index in [1.165, 1.54) is 23.5 Å². The van der Waals surface area contributed by atoms with Crippen LogP contribution in [0.4, 0.5) is 13.2 Å². The molecule has 0 aliphatic rings. The molecule has 2 rings (SSSR count). The van der Waals surface area contributed by atoms with Crippen molar-refractivity contribution in [2.24, 2.45) is 0 Å². The Kier molecular flexibility index (Phi) is 4.21. The Labute approximate surface area is 113 Å². The molecule has 0 aliphatic heterocycles. The summed E-state index contributed by atoms with van der Waals surface area (Å²) in [6, 6.07) is 5.60.